The number of ketones is 1. The van der Waals surface area contributed by atoms with Gasteiger partial charge < -0.3 is 10.1 Å². The Morgan fingerprint density at radius 1 is 1.18 bits per heavy atom. The molecule has 2 unspecified atom stereocenters. The summed E-state index contributed by atoms with van der Waals surface area (Å²) in [5.41, 5.74) is -1.48. The minimum Gasteiger partial charge on any atom is -0.378 e. The minimum atomic E-state index is -4.60. The number of hydrogen-bond donors (Lipinski definition) is 1. The van der Waals surface area contributed by atoms with Gasteiger partial charge in [-0.2, -0.15) is 13.2 Å². The molecular weight excluding hydrogens is 302 g/mol. The molecular formula is C15H15F4NO2. The molecule has 0 aliphatic carbocycles. The number of rotatable bonds is 2. The van der Waals surface area contributed by atoms with Gasteiger partial charge in [-0.3, -0.25) is 4.79 Å². The Morgan fingerprint density at radius 2 is 1.82 bits per heavy atom. The molecule has 2 heterocycles. The van der Waals surface area contributed by atoms with E-state index in [1.54, 1.807) is 0 Å². The highest BCUT2D eigenvalue weighted by molar-refractivity contribution is 5.98. The van der Waals surface area contributed by atoms with E-state index < -0.39 is 34.8 Å². The average molecular weight is 317 g/mol. The summed E-state index contributed by atoms with van der Waals surface area (Å²) in [4.78, 5) is 12.5. The maximum Gasteiger partial charge on any atom is 0.416 e. The molecule has 120 valence electrons. The fraction of sp³-hybridized carbons (Fsp3) is 0.533. The van der Waals surface area contributed by atoms with Crippen molar-refractivity contribution >= 4 is 5.78 Å². The lowest BCUT2D eigenvalue weighted by molar-refractivity contribution is -0.137. The molecule has 1 aromatic carbocycles. The van der Waals surface area contributed by atoms with Crippen LogP contribution in [0.4, 0.5) is 17.6 Å². The van der Waals surface area contributed by atoms with Gasteiger partial charge in [0.15, 0.2) is 5.78 Å². The summed E-state index contributed by atoms with van der Waals surface area (Å²) in [6.07, 6.45) is -3.70. The highest BCUT2D eigenvalue weighted by Crippen LogP contribution is 2.33. The predicted molar refractivity (Wildman–Crippen MR) is 70.0 cm³/mol. The second-order valence-electron chi connectivity index (χ2n) is 5.82. The van der Waals surface area contributed by atoms with E-state index in [9.17, 15) is 22.4 Å². The Balaban J connectivity index is 1.85. The van der Waals surface area contributed by atoms with Gasteiger partial charge in [-0.1, -0.05) is 0 Å². The van der Waals surface area contributed by atoms with E-state index >= 15 is 0 Å². The molecule has 2 fully saturated rings. The Hall–Kier alpha value is -1.47. The van der Waals surface area contributed by atoms with Gasteiger partial charge in [0.05, 0.1) is 24.3 Å². The van der Waals surface area contributed by atoms with Crippen molar-refractivity contribution in [2.45, 2.75) is 31.1 Å². The third kappa shape index (κ3) is 3.01. The van der Waals surface area contributed by atoms with Gasteiger partial charge in [0, 0.05) is 18.0 Å². The van der Waals surface area contributed by atoms with Crippen LogP contribution in [0.1, 0.15) is 28.8 Å². The topological polar surface area (TPSA) is 38.3 Å². The number of fused-ring (bicyclic) bond motifs is 2. The molecule has 0 aromatic heterocycles. The molecule has 3 rings (SSSR count). The van der Waals surface area contributed by atoms with Crippen LogP contribution in [0.5, 0.6) is 0 Å². The lowest BCUT2D eigenvalue weighted by Gasteiger charge is -2.39. The smallest absolute Gasteiger partial charge is 0.378 e. The molecule has 1 N–H and O–H groups in total. The van der Waals surface area contributed by atoms with Crippen LogP contribution < -0.4 is 5.32 Å². The molecule has 0 spiro atoms. The Labute approximate surface area is 124 Å². The lowest BCUT2D eigenvalue weighted by Crippen LogP contribution is -2.55. The standard InChI is InChI=1S/C15H15F4NO2/c16-13-2-1-9(15(17,18)19)5-12(13)14(21)8-3-10-6-22-7-11(4-8)20-10/h1-2,5,8,10-11,20H,3-4,6-7H2. The zero-order valence-corrected chi connectivity index (χ0v) is 11.6. The van der Waals surface area contributed by atoms with Gasteiger partial charge >= 0.3 is 6.18 Å². The lowest BCUT2D eigenvalue weighted by atomic mass is 9.82. The van der Waals surface area contributed by atoms with Crippen LogP contribution in [0, 0.1) is 11.7 Å². The molecule has 0 radical (unpaired) electrons. The van der Waals surface area contributed by atoms with Crippen LogP contribution in [0.25, 0.3) is 0 Å². The summed E-state index contributed by atoms with van der Waals surface area (Å²) in [5.74, 6) is -1.93. The quantitative estimate of drug-likeness (QED) is 0.673. The number of carbonyl (C=O) groups excluding carboxylic acids is 1. The summed E-state index contributed by atoms with van der Waals surface area (Å²) < 4.78 is 57.4. The van der Waals surface area contributed by atoms with E-state index in [1.807, 2.05) is 0 Å². The number of nitrogens with one attached hydrogen (secondary N) is 1. The Bertz CT molecular complexity index is 575. The van der Waals surface area contributed by atoms with E-state index in [0.29, 0.717) is 44.3 Å². The van der Waals surface area contributed by atoms with Gasteiger partial charge in [0.2, 0.25) is 0 Å². The molecule has 22 heavy (non-hydrogen) atoms. The molecule has 2 aliphatic heterocycles. The number of hydrogen-bond acceptors (Lipinski definition) is 3. The predicted octanol–water partition coefficient (Wildman–Crippen LogP) is 2.79. The summed E-state index contributed by atoms with van der Waals surface area (Å²) in [6, 6.07) is 1.97. The largest absolute Gasteiger partial charge is 0.416 e. The van der Waals surface area contributed by atoms with Crippen molar-refractivity contribution in [1.29, 1.82) is 0 Å². The van der Waals surface area contributed by atoms with Gasteiger partial charge in [0.25, 0.3) is 0 Å². The van der Waals surface area contributed by atoms with Crippen LogP contribution in [0.2, 0.25) is 0 Å². The van der Waals surface area contributed by atoms with Crippen molar-refractivity contribution in [1.82, 2.24) is 5.32 Å². The number of morpholine rings is 1. The monoisotopic (exact) mass is 317 g/mol. The van der Waals surface area contributed by atoms with Crippen molar-refractivity contribution in [3.8, 4) is 0 Å². The number of halogens is 4. The molecule has 2 bridgehead atoms. The molecule has 1 aromatic rings. The zero-order chi connectivity index (χ0) is 15.9. The molecule has 2 atom stereocenters. The number of benzene rings is 1. The first-order chi connectivity index (χ1) is 10.3. The first kappa shape index (κ1) is 15.4. The first-order valence-corrected chi connectivity index (χ1v) is 7.09. The van der Waals surface area contributed by atoms with Crippen LogP contribution in [0.15, 0.2) is 18.2 Å². The van der Waals surface area contributed by atoms with Crippen LogP contribution >= 0.6 is 0 Å². The van der Waals surface area contributed by atoms with E-state index in [-0.39, 0.29) is 12.1 Å². The number of ether oxygens (including phenoxy) is 1. The van der Waals surface area contributed by atoms with Crippen molar-refractivity contribution in [2.24, 2.45) is 5.92 Å². The number of piperidine rings is 1. The van der Waals surface area contributed by atoms with E-state index in [1.165, 1.54) is 0 Å². The van der Waals surface area contributed by atoms with Crippen molar-refractivity contribution in [2.75, 3.05) is 13.2 Å². The highest BCUT2D eigenvalue weighted by atomic mass is 19.4. The van der Waals surface area contributed by atoms with E-state index in [0.717, 1.165) is 0 Å². The van der Waals surface area contributed by atoms with Crippen molar-refractivity contribution in [3.05, 3.63) is 35.1 Å². The highest BCUT2D eigenvalue weighted by Gasteiger charge is 2.37. The third-order valence-electron chi connectivity index (χ3n) is 4.18. The normalized spacial score (nSPS) is 28.5. The molecule has 7 heteroatoms. The molecule has 2 saturated heterocycles. The fourth-order valence-electron chi connectivity index (χ4n) is 3.16. The fourth-order valence-corrected chi connectivity index (χ4v) is 3.16. The van der Waals surface area contributed by atoms with Crippen LogP contribution in [0.3, 0.4) is 0 Å². The minimum absolute atomic E-state index is 0.00434. The number of Topliss-reactive ketones (excluding diaryl/α,β-unsaturated/α-hetero) is 1. The first-order valence-electron chi connectivity index (χ1n) is 7.09. The summed E-state index contributed by atoms with van der Waals surface area (Å²) in [5, 5.41) is 3.29. The van der Waals surface area contributed by atoms with Crippen LogP contribution in [-0.2, 0) is 10.9 Å². The Kier molecular flexibility index (Phi) is 3.94. The summed E-state index contributed by atoms with van der Waals surface area (Å²) >= 11 is 0. The molecule has 0 saturated carbocycles. The number of alkyl halides is 3. The second-order valence-corrected chi connectivity index (χ2v) is 5.82. The molecule has 2 aliphatic rings. The molecule has 3 nitrogen and oxygen atoms in total. The van der Waals surface area contributed by atoms with Gasteiger partial charge in [-0.25, -0.2) is 4.39 Å². The van der Waals surface area contributed by atoms with Crippen LogP contribution in [-0.4, -0.2) is 31.1 Å². The van der Waals surface area contributed by atoms with Gasteiger partial charge in [-0.05, 0) is 31.0 Å². The second kappa shape index (κ2) is 5.62. The zero-order valence-electron chi connectivity index (χ0n) is 11.6. The van der Waals surface area contributed by atoms with E-state index in [2.05, 4.69) is 5.32 Å². The third-order valence-corrected chi connectivity index (χ3v) is 4.18. The Morgan fingerprint density at radius 3 is 2.41 bits per heavy atom. The van der Waals surface area contributed by atoms with Gasteiger partial charge in [0.1, 0.15) is 5.82 Å². The molecule has 0 amide bonds. The summed E-state index contributed by atoms with van der Waals surface area (Å²) in [7, 11) is 0. The van der Waals surface area contributed by atoms with Gasteiger partial charge in [-0.15, -0.1) is 0 Å². The number of carbonyl (C=O) groups is 1. The maximum absolute atomic E-state index is 13.8. The van der Waals surface area contributed by atoms with Crippen molar-refractivity contribution in [3.63, 3.8) is 0 Å². The van der Waals surface area contributed by atoms with Crippen molar-refractivity contribution < 1.29 is 27.1 Å². The average Bonchev–Trinajstić information content (AvgIpc) is 2.45. The SMILES string of the molecule is O=C(c1cc(C(F)(F)F)ccc1F)C1CC2COCC(C1)N2. The summed E-state index contributed by atoms with van der Waals surface area (Å²) in [6.45, 7) is 0.927. The van der Waals surface area contributed by atoms with E-state index in [4.69, 9.17) is 4.74 Å². The maximum atomic E-state index is 13.8.